The van der Waals surface area contributed by atoms with Crippen LogP contribution in [0.2, 0.25) is 0 Å². The van der Waals surface area contributed by atoms with Crippen molar-refractivity contribution in [1.82, 2.24) is 0 Å². The Kier molecular flexibility index (Phi) is 14.6. The highest BCUT2D eigenvalue weighted by molar-refractivity contribution is 5.87. The number of hydrogen-bond acceptors (Lipinski definition) is 7. The highest BCUT2D eigenvalue weighted by atomic mass is 19.1. The zero-order chi connectivity index (χ0) is 32.8. The molecule has 246 valence electrons. The minimum Gasteiger partial charge on any atom is -0.490 e. The Balaban J connectivity index is 1.84. The van der Waals surface area contributed by atoms with Crippen molar-refractivity contribution < 1.29 is 38.0 Å². The van der Waals surface area contributed by atoms with Crippen LogP contribution in [-0.4, -0.2) is 50.1 Å². The van der Waals surface area contributed by atoms with Gasteiger partial charge in [0.1, 0.15) is 43.7 Å². The second-order valence-corrected chi connectivity index (χ2v) is 11.9. The smallest absolute Gasteiger partial charge is 0.333 e. The second-order valence-electron chi connectivity index (χ2n) is 11.9. The Hall–Kier alpha value is -3.65. The van der Waals surface area contributed by atoms with Gasteiger partial charge in [-0.2, -0.15) is 0 Å². The highest BCUT2D eigenvalue weighted by Gasteiger charge is 2.24. The van der Waals surface area contributed by atoms with E-state index in [0.29, 0.717) is 34.1 Å². The summed E-state index contributed by atoms with van der Waals surface area (Å²) in [5.74, 6) is 0.480. The molecule has 2 aromatic carbocycles. The number of hydrogen-bond donors (Lipinski definition) is 1. The molecule has 1 aliphatic carbocycles. The minimum atomic E-state index is -0.521. The Labute approximate surface area is 267 Å². The monoisotopic (exact) mass is 624 g/mol. The molecule has 0 heterocycles. The van der Waals surface area contributed by atoms with Gasteiger partial charge in [0, 0.05) is 34.4 Å². The van der Waals surface area contributed by atoms with Crippen LogP contribution in [0.5, 0.6) is 11.5 Å². The Morgan fingerprint density at radius 1 is 0.844 bits per heavy atom. The number of rotatable bonds is 18. The summed E-state index contributed by atoms with van der Waals surface area (Å²) in [5.41, 5.74) is 3.01. The Morgan fingerprint density at radius 3 is 2.02 bits per heavy atom. The summed E-state index contributed by atoms with van der Waals surface area (Å²) in [7, 11) is 0. The maximum Gasteiger partial charge on any atom is 0.333 e. The fraction of sp³-hybridized carbons (Fsp3) is 0.514. The summed E-state index contributed by atoms with van der Waals surface area (Å²) in [4.78, 5) is 23.6. The van der Waals surface area contributed by atoms with Gasteiger partial charge in [-0.15, -0.1) is 0 Å². The summed E-state index contributed by atoms with van der Waals surface area (Å²) < 4.78 is 38.2. The average molecular weight is 625 g/mol. The third kappa shape index (κ3) is 11.0. The Morgan fingerprint density at radius 2 is 1.47 bits per heavy atom. The molecule has 0 amide bonds. The number of carbonyl (C=O) groups is 2. The summed E-state index contributed by atoms with van der Waals surface area (Å²) >= 11 is 0. The van der Waals surface area contributed by atoms with Gasteiger partial charge >= 0.3 is 11.9 Å². The first-order valence-corrected chi connectivity index (χ1v) is 16.1. The van der Waals surface area contributed by atoms with E-state index in [2.05, 4.69) is 20.1 Å². The number of halogens is 1. The van der Waals surface area contributed by atoms with Crippen molar-refractivity contribution in [2.24, 2.45) is 5.92 Å². The average Bonchev–Trinajstić information content (AvgIpc) is 3.02. The molecular formula is C37H49FO7. The second kappa shape index (κ2) is 18.4. The summed E-state index contributed by atoms with van der Waals surface area (Å²) in [6, 6.07) is 8.80. The lowest BCUT2D eigenvalue weighted by atomic mass is 9.77. The zero-order valence-corrected chi connectivity index (χ0v) is 27.1. The van der Waals surface area contributed by atoms with Crippen molar-refractivity contribution in [2.75, 3.05) is 33.0 Å². The van der Waals surface area contributed by atoms with Crippen molar-refractivity contribution in [3.05, 3.63) is 71.6 Å². The molecule has 0 radical (unpaired) electrons. The lowest BCUT2D eigenvalue weighted by molar-refractivity contribution is -0.140. The summed E-state index contributed by atoms with van der Waals surface area (Å²) in [5, 5.41) is 9.72. The maximum absolute atomic E-state index is 15.9. The van der Waals surface area contributed by atoms with Crippen LogP contribution in [0, 0.1) is 11.7 Å². The molecule has 0 unspecified atom stereocenters. The van der Waals surface area contributed by atoms with E-state index in [1.54, 1.807) is 38.1 Å². The molecule has 0 aliphatic heterocycles. The first kappa shape index (κ1) is 35.8. The molecule has 0 spiro atoms. The number of esters is 2. The van der Waals surface area contributed by atoms with Gasteiger partial charge in [0.15, 0.2) is 0 Å². The predicted octanol–water partition coefficient (Wildman–Crippen LogP) is 7.88. The van der Waals surface area contributed by atoms with Gasteiger partial charge in [0.05, 0.1) is 0 Å². The van der Waals surface area contributed by atoms with Crippen molar-refractivity contribution >= 4 is 11.9 Å². The number of aliphatic hydroxyl groups excluding tert-OH is 1. The van der Waals surface area contributed by atoms with Crippen LogP contribution in [0.15, 0.2) is 54.6 Å². The van der Waals surface area contributed by atoms with E-state index in [4.69, 9.17) is 18.9 Å². The molecule has 3 rings (SSSR count). The van der Waals surface area contributed by atoms with Crippen molar-refractivity contribution in [3.63, 3.8) is 0 Å². The van der Waals surface area contributed by atoms with Crippen molar-refractivity contribution in [1.29, 1.82) is 0 Å². The van der Waals surface area contributed by atoms with E-state index >= 15 is 4.39 Å². The van der Waals surface area contributed by atoms with Gasteiger partial charge in [0.2, 0.25) is 0 Å². The number of aliphatic hydroxyl groups is 1. The van der Waals surface area contributed by atoms with Gasteiger partial charge in [-0.1, -0.05) is 57.9 Å². The molecule has 1 saturated carbocycles. The van der Waals surface area contributed by atoms with Crippen LogP contribution in [-0.2, 0) is 25.5 Å². The van der Waals surface area contributed by atoms with E-state index in [0.717, 1.165) is 24.3 Å². The summed E-state index contributed by atoms with van der Waals surface area (Å²) in [6.07, 6.45) is 9.85. The van der Waals surface area contributed by atoms with Crippen LogP contribution in [0.25, 0.3) is 11.1 Å². The first-order chi connectivity index (χ1) is 21.6. The molecule has 1 N–H and O–H groups in total. The van der Waals surface area contributed by atoms with E-state index in [-0.39, 0.29) is 56.4 Å². The molecule has 0 atom stereocenters. The quantitative estimate of drug-likeness (QED) is 0.103. The molecule has 7 nitrogen and oxygen atoms in total. The van der Waals surface area contributed by atoms with E-state index in [9.17, 15) is 14.7 Å². The highest BCUT2D eigenvalue weighted by Crippen LogP contribution is 2.41. The minimum absolute atomic E-state index is 0.00413. The molecule has 0 aromatic heterocycles. The predicted molar refractivity (Wildman–Crippen MR) is 174 cm³/mol. The van der Waals surface area contributed by atoms with Crippen LogP contribution < -0.4 is 9.47 Å². The van der Waals surface area contributed by atoms with Crippen LogP contribution in [0.4, 0.5) is 4.39 Å². The van der Waals surface area contributed by atoms with E-state index in [1.165, 1.54) is 38.5 Å². The van der Waals surface area contributed by atoms with Crippen LogP contribution in [0.3, 0.4) is 0 Å². The largest absolute Gasteiger partial charge is 0.490 e. The third-order valence-corrected chi connectivity index (χ3v) is 8.21. The molecule has 1 fully saturated rings. The van der Waals surface area contributed by atoms with Crippen LogP contribution in [0.1, 0.15) is 89.2 Å². The molecule has 8 heteroatoms. The number of benzene rings is 2. The van der Waals surface area contributed by atoms with E-state index < -0.39 is 11.9 Å². The maximum atomic E-state index is 15.9. The Bertz CT molecular complexity index is 1310. The molecule has 0 bridgehead atoms. The topological polar surface area (TPSA) is 91.3 Å². The van der Waals surface area contributed by atoms with Gasteiger partial charge in [0.25, 0.3) is 0 Å². The lowest BCUT2D eigenvalue weighted by Gasteiger charge is -2.29. The zero-order valence-electron chi connectivity index (χ0n) is 27.1. The van der Waals surface area contributed by atoms with Crippen molar-refractivity contribution in [2.45, 2.75) is 84.5 Å². The SMILES string of the molecule is C=C(C)C(=O)OCCOc1cc(-c2ccc(C3CCC(CCCCC)CC3)cc2F)c(OCCOC(=O)C(=C)C)cc1CCO. The third-order valence-electron chi connectivity index (χ3n) is 8.21. The summed E-state index contributed by atoms with van der Waals surface area (Å²) in [6.45, 7) is 12.4. The van der Waals surface area contributed by atoms with E-state index in [1.807, 2.05) is 6.07 Å². The van der Waals surface area contributed by atoms with Gasteiger partial charge < -0.3 is 24.1 Å². The normalized spacial score (nSPS) is 16.1. The molecule has 2 aromatic rings. The number of carbonyl (C=O) groups excluding carboxylic acids is 2. The standard InChI is InChI=1S/C37H49FO7/c1-6-7-8-9-27-10-12-28(13-11-27)29-14-15-31(33(38)22-29)32-24-34(42-18-20-44-36(40)25(2)3)30(16-17-39)23-35(32)43-19-21-45-37(41)26(4)5/h14-15,22-24,27-28,39H,2,4,6-13,16-21H2,1,3,5H3. The fourth-order valence-corrected chi connectivity index (χ4v) is 5.67. The van der Waals surface area contributed by atoms with Crippen molar-refractivity contribution in [3.8, 4) is 22.6 Å². The molecular weight excluding hydrogens is 575 g/mol. The van der Waals surface area contributed by atoms with Gasteiger partial charge in [-0.3, -0.25) is 0 Å². The first-order valence-electron chi connectivity index (χ1n) is 16.1. The molecule has 45 heavy (non-hydrogen) atoms. The molecule has 1 aliphatic rings. The van der Waals surface area contributed by atoms with Gasteiger partial charge in [-0.05, 0) is 81.5 Å². The van der Waals surface area contributed by atoms with Gasteiger partial charge in [-0.25, -0.2) is 14.0 Å². The van der Waals surface area contributed by atoms with Crippen LogP contribution >= 0.6 is 0 Å². The number of unbranched alkanes of at least 4 members (excludes halogenated alkanes) is 2. The fourth-order valence-electron chi connectivity index (χ4n) is 5.67. The number of ether oxygens (including phenoxy) is 4. The molecule has 0 saturated heterocycles. The lowest BCUT2D eigenvalue weighted by Crippen LogP contribution is -2.14.